The lowest BCUT2D eigenvalue weighted by Gasteiger charge is -2.13. The molecule has 0 bridgehead atoms. The summed E-state index contributed by atoms with van der Waals surface area (Å²) in [5, 5.41) is 15.9. The van der Waals surface area contributed by atoms with Crippen molar-refractivity contribution in [3.05, 3.63) is 76.8 Å². The number of carbonyl (C=O) groups excluding carboxylic acids is 1. The average Bonchev–Trinajstić information content (AvgIpc) is 3.61. The van der Waals surface area contributed by atoms with Crippen LogP contribution in [0.4, 0.5) is 0 Å². The highest BCUT2D eigenvalue weighted by Crippen LogP contribution is 2.30. The summed E-state index contributed by atoms with van der Waals surface area (Å²) in [6.45, 7) is 4.62. The van der Waals surface area contributed by atoms with Crippen molar-refractivity contribution in [3.8, 4) is 17.2 Å². The van der Waals surface area contributed by atoms with Gasteiger partial charge in [-0.15, -0.1) is 10.2 Å². The minimum Gasteiger partial charge on any atom is -0.461 e. The first-order chi connectivity index (χ1) is 17.6. The molecule has 3 heterocycles. The van der Waals surface area contributed by atoms with E-state index in [1.165, 1.54) is 0 Å². The summed E-state index contributed by atoms with van der Waals surface area (Å²) in [7, 11) is 0. The first-order valence-electron chi connectivity index (χ1n) is 12.0. The van der Waals surface area contributed by atoms with Gasteiger partial charge < -0.3 is 13.9 Å². The van der Waals surface area contributed by atoms with Gasteiger partial charge in [-0.25, -0.2) is 9.78 Å². The van der Waals surface area contributed by atoms with Crippen LogP contribution in [0.2, 0.25) is 5.15 Å². The Hall–Kier alpha value is -3.98. The third-order valence-corrected chi connectivity index (χ3v) is 6.31. The molecule has 10 heteroatoms. The maximum absolute atomic E-state index is 12.7. The van der Waals surface area contributed by atoms with Crippen LogP contribution in [0, 0.1) is 0 Å². The number of nitrogens with zero attached hydrogens (tertiary/aromatic N) is 6. The number of carbonyl (C=O) groups is 1. The monoisotopic (exact) mass is 503 g/mol. The van der Waals surface area contributed by atoms with Crippen molar-refractivity contribution >= 4 is 28.5 Å². The summed E-state index contributed by atoms with van der Waals surface area (Å²) in [6, 6.07) is 18.3. The van der Waals surface area contributed by atoms with Crippen molar-refractivity contribution in [2.24, 2.45) is 0 Å². The summed E-state index contributed by atoms with van der Waals surface area (Å²) in [4.78, 5) is 17.1. The van der Waals surface area contributed by atoms with Gasteiger partial charge in [0, 0.05) is 24.0 Å². The number of benzene rings is 2. The Kier molecular flexibility index (Phi) is 6.81. The molecule has 0 atom stereocenters. The number of halogens is 1. The predicted molar refractivity (Wildman–Crippen MR) is 137 cm³/mol. The van der Waals surface area contributed by atoms with Gasteiger partial charge in [0.25, 0.3) is 0 Å². The van der Waals surface area contributed by atoms with E-state index in [9.17, 15) is 4.79 Å². The Morgan fingerprint density at radius 2 is 1.92 bits per heavy atom. The lowest BCUT2D eigenvalue weighted by atomic mass is 10.2. The molecular weight excluding hydrogens is 478 g/mol. The average molecular weight is 504 g/mol. The van der Waals surface area contributed by atoms with Crippen LogP contribution < -0.4 is 0 Å². The van der Waals surface area contributed by atoms with Crippen LogP contribution in [0.25, 0.3) is 28.1 Å². The summed E-state index contributed by atoms with van der Waals surface area (Å²) in [5.41, 5.74) is 4.14. The quantitative estimate of drug-likeness (QED) is 0.276. The number of aromatic nitrogens is 7. The van der Waals surface area contributed by atoms with Gasteiger partial charge in [0.05, 0.1) is 17.8 Å². The molecule has 0 saturated heterocycles. The molecule has 0 aliphatic carbocycles. The van der Waals surface area contributed by atoms with Crippen LogP contribution in [0.3, 0.4) is 0 Å². The molecular formula is C26H26ClN7O2. The van der Waals surface area contributed by atoms with Crippen LogP contribution in [0.5, 0.6) is 0 Å². The molecule has 0 saturated carbocycles. The number of unbranched alkanes of at least 4 members (excludes halogenated alkanes) is 1. The second-order valence-electron chi connectivity index (χ2n) is 8.40. The zero-order valence-electron chi connectivity index (χ0n) is 20.1. The molecule has 5 aromatic rings. The number of aromatic amines is 1. The fourth-order valence-corrected chi connectivity index (χ4v) is 4.63. The predicted octanol–water partition coefficient (Wildman–Crippen LogP) is 5.23. The van der Waals surface area contributed by atoms with Crippen LogP contribution in [-0.4, -0.2) is 47.3 Å². The highest BCUT2D eigenvalue weighted by atomic mass is 35.5. The smallest absolute Gasteiger partial charge is 0.358 e. The van der Waals surface area contributed by atoms with Gasteiger partial charge >= 0.3 is 5.97 Å². The molecule has 184 valence electrons. The van der Waals surface area contributed by atoms with E-state index in [0.29, 0.717) is 18.1 Å². The number of ether oxygens (including phenoxy) is 1. The summed E-state index contributed by atoms with van der Waals surface area (Å²) >= 11 is 6.38. The Labute approximate surface area is 213 Å². The van der Waals surface area contributed by atoms with Gasteiger partial charge in [0.2, 0.25) is 5.82 Å². The number of rotatable bonds is 9. The van der Waals surface area contributed by atoms with Crippen molar-refractivity contribution in [1.82, 2.24) is 34.7 Å². The molecule has 0 amide bonds. The summed E-state index contributed by atoms with van der Waals surface area (Å²) in [6.07, 6.45) is 2.70. The van der Waals surface area contributed by atoms with Crippen molar-refractivity contribution in [2.45, 2.75) is 39.7 Å². The molecule has 0 spiro atoms. The van der Waals surface area contributed by atoms with Gasteiger partial charge in [0.15, 0.2) is 10.8 Å². The molecule has 3 aromatic heterocycles. The lowest BCUT2D eigenvalue weighted by molar-refractivity contribution is 0.0514. The Morgan fingerprint density at radius 3 is 2.64 bits per heavy atom. The van der Waals surface area contributed by atoms with Crippen molar-refractivity contribution < 1.29 is 9.53 Å². The molecule has 0 aliphatic rings. The third-order valence-electron chi connectivity index (χ3n) is 6.05. The number of nitrogens with one attached hydrogen (secondary N) is 1. The SMILES string of the molecule is CCCCc1nc(Cl)c(C(=O)OCC)n1Cc1ccc(-n2c(-c3nn[nH]n3)cc3ccccc32)cc1. The standard InChI is InChI=1S/C26H26ClN7O2/c1-3-5-10-22-28-24(27)23(26(35)36-4-2)33(22)16-17-11-13-19(14-12-17)34-20-9-7-6-8-18(20)15-21(34)25-29-31-32-30-25/h6-9,11-15H,3-5,10,16H2,1-2H3,(H,29,30,31,32). The van der Waals surface area contributed by atoms with Crippen molar-refractivity contribution in [2.75, 3.05) is 6.61 Å². The molecule has 0 aliphatic heterocycles. The number of para-hydroxylation sites is 1. The maximum atomic E-state index is 12.7. The number of hydrogen-bond acceptors (Lipinski definition) is 6. The van der Waals surface area contributed by atoms with E-state index in [-0.39, 0.29) is 11.8 Å². The van der Waals surface area contributed by atoms with Gasteiger partial charge in [-0.05, 0) is 48.4 Å². The van der Waals surface area contributed by atoms with E-state index in [0.717, 1.165) is 52.9 Å². The minimum atomic E-state index is -0.460. The molecule has 36 heavy (non-hydrogen) atoms. The highest BCUT2D eigenvalue weighted by molar-refractivity contribution is 6.32. The number of fused-ring (bicyclic) bond motifs is 1. The van der Waals surface area contributed by atoms with Gasteiger partial charge in [-0.2, -0.15) is 5.21 Å². The number of H-pyrrole nitrogens is 1. The number of imidazole rings is 1. The zero-order valence-corrected chi connectivity index (χ0v) is 20.9. The highest BCUT2D eigenvalue weighted by Gasteiger charge is 2.23. The molecule has 5 rings (SSSR count). The van der Waals surface area contributed by atoms with E-state index in [2.05, 4.69) is 49.2 Å². The molecule has 0 unspecified atom stereocenters. The molecule has 0 radical (unpaired) electrons. The number of esters is 1. The van der Waals surface area contributed by atoms with E-state index in [1.807, 2.05) is 47.0 Å². The molecule has 9 nitrogen and oxygen atoms in total. The third kappa shape index (κ3) is 4.49. The minimum absolute atomic E-state index is 0.180. The summed E-state index contributed by atoms with van der Waals surface area (Å²) in [5.74, 6) is 0.839. The molecule has 1 N–H and O–H groups in total. The molecule has 2 aromatic carbocycles. The lowest BCUT2D eigenvalue weighted by Crippen LogP contribution is -2.15. The Morgan fingerprint density at radius 1 is 1.11 bits per heavy atom. The van der Waals surface area contributed by atoms with Crippen LogP contribution in [0.1, 0.15) is 48.6 Å². The Bertz CT molecular complexity index is 1490. The first kappa shape index (κ1) is 23.7. The number of aryl methyl sites for hydroxylation is 1. The normalized spacial score (nSPS) is 11.3. The van der Waals surface area contributed by atoms with Gasteiger partial charge in [0.1, 0.15) is 5.82 Å². The zero-order chi connectivity index (χ0) is 25.1. The van der Waals surface area contributed by atoms with Crippen LogP contribution in [0.15, 0.2) is 54.6 Å². The van der Waals surface area contributed by atoms with Crippen molar-refractivity contribution in [3.63, 3.8) is 0 Å². The van der Waals surface area contributed by atoms with E-state index in [4.69, 9.17) is 16.3 Å². The fraction of sp³-hybridized carbons (Fsp3) is 0.269. The largest absolute Gasteiger partial charge is 0.461 e. The molecule has 0 fully saturated rings. The van der Waals surface area contributed by atoms with Crippen LogP contribution >= 0.6 is 11.6 Å². The van der Waals surface area contributed by atoms with Gasteiger partial charge in [-0.3, -0.25) is 0 Å². The maximum Gasteiger partial charge on any atom is 0.358 e. The topological polar surface area (TPSA) is 104 Å². The van der Waals surface area contributed by atoms with Crippen LogP contribution in [-0.2, 0) is 17.7 Å². The van der Waals surface area contributed by atoms with Gasteiger partial charge in [-0.1, -0.05) is 55.3 Å². The second-order valence-corrected chi connectivity index (χ2v) is 8.76. The fourth-order valence-electron chi connectivity index (χ4n) is 4.36. The number of hydrogen-bond donors (Lipinski definition) is 1. The van der Waals surface area contributed by atoms with Crippen molar-refractivity contribution in [1.29, 1.82) is 0 Å². The van der Waals surface area contributed by atoms with E-state index < -0.39 is 5.97 Å². The number of tetrazole rings is 1. The second kappa shape index (κ2) is 10.3. The Balaban J connectivity index is 1.52. The van der Waals surface area contributed by atoms with E-state index >= 15 is 0 Å². The summed E-state index contributed by atoms with van der Waals surface area (Å²) < 4.78 is 9.24. The van der Waals surface area contributed by atoms with E-state index in [1.54, 1.807) is 6.92 Å². The first-order valence-corrected chi connectivity index (χ1v) is 12.3.